The zero-order valence-electron chi connectivity index (χ0n) is 12.5. The molecule has 0 aliphatic carbocycles. The largest absolute Gasteiger partial charge is 0.493 e. The SMILES string of the molecule is CCNc1cc(Oc2ccc(CC)cc2OC)nc(N)n1. The third-order valence-corrected chi connectivity index (χ3v) is 2.93. The summed E-state index contributed by atoms with van der Waals surface area (Å²) in [5.74, 6) is 2.42. The molecule has 2 rings (SSSR count). The Morgan fingerprint density at radius 3 is 2.62 bits per heavy atom. The number of rotatable bonds is 6. The Morgan fingerprint density at radius 1 is 1.14 bits per heavy atom. The Labute approximate surface area is 124 Å². The first kappa shape index (κ1) is 14.9. The fourth-order valence-electron chi connectivity index (χ4n) is 1.90. The van der Waals surface area contributed by atoms with Gasteiger partial charge in [-0.3, -0.25) is 0 Å². The molecule has 0 atom stereocenters. The summed E-state index contributed by atoms with van der Waals surface area (Å²) in [5, 5.41) is 3.08. The Bertz CT molecular complexity index is 617. The number of aryl methyl sites for hydroxylation is 1. The van der Waals surface area contributed by atoms with E-state index in [4.69, 9.17) is 15.2 Å². The predicted octanol–water partition coefficient (Wildman–Crippen LogP) is 2.85. The molecule has 0 bridgehead atoms. The summed E-state index contributed by atoms with van der Waals surface area (Å²) in [6.07, 6.45) is 0.932. The van der Waals surface area contributed by atoms with E-state index in [-0.39, 0.29) is 5.95 Å². The maximum absolute atomic E-state index is 5.77. The molecule has 0 saturated heterocycles. The van der Waals surface area contributed by atoms with Crippen LogP contribution in [0.1, 0.15) is 19.4 Å². The highest BCUT2D eigenvalue weighted by molar-refractivity contribution is 5.47. The summed E-state index contributed by atoms with van der Waals surface area (Å²) in [7, 11) is 1.61. The van der Waals surface area contributed by atoms with Crippen molar-refractivity contribution in [1.82, 2.24) is 9.97 Å². The number of aromatic nitrogens is 2. The first-order chi connectivity index (χ1) is 10.2. The lowest BCUT2D eigenvalue weighted by atomic mass is 10.1. The van der Waals surface area contributed by atoms with Crippen molar-refractivity contribution >= 4 is 11.8 Å². The molecule has 112 valence electrons. The molecular formula is C15H20N4O2. The zero-order valence-corrected chi connectivity index (χ0v) is 12.5. The molecule has 6 heteroatoms. The lowest BCUT2D eigenvalue weighted by molar-refractivity contribution is 0.373. The number of nitrogens with two attached hydrogens (primary N) is 1. The standard InChI is InChI=1S/C15H20N4O2/c1-4-10-6-7-11(12(8-10)20-3)21-14-9-13(17-5-2)18-15(16)19-14/h6-9H,4-5H2,1-3H3,(H3,16,17,18,19). The number of nitrogens with zero attached hydrogens (tertiary/aromatic N) is 2. The number of anilines is 2. The Balaban J connectivity index is 2.29. The van der Waals surface area contributed by atoms with Crippen LogP contribution < -0.4 is 20.5 Å². The van der Waals surface area contributed by atoms with E-state index in [0.717, 1.165) is 13.0 Å². The number of ether oxygens (including phenoxy) is 2. The van der Waals surface area contributed by atoms with Crippen LogP contribution in [-0.4, -0.2) is 23.6 Å². The molecule has 0 fully saturated rings. The van der Waals surface area contributed by atoms with E-state index >= 15 is 0 Å². The van der Waals surface area contributed by atoms with Crippen LogP contribution in [-0.2, 0) is 6.42 Å². The van der Waals surface area contributed by atoms with Crippen LogP contribution in [0.4, 0.5) is 11.8 Å². The fraction of sp³-hybridized carbons (Fsp3) is 0.333. The molecule has 6 nitrogen and oxygen atoms in total. The number of benzene rings is 1. The molecule has 0 amide bonds. The summed E-state index contributed by atoms with van der Waals surface area (Å²) in [4.78, 5) is 8.16. The number of hydrogen-bond acceptors (Lipinski definition) is 6. The van der Waals surface area contributed by atoms with Gasteiger partial charge in [-0.25, -0.2) is 0 Å². The molecule has 2 aromatic rings. The van der Waals surface area contributed by atoms with Gasteiger partial charge in [0.2, 0.25) is 11.8 Å². The normalized spacial score (nSPS) is 10.2. The summed E-state index contributed by atoms with van der Waals surface area (Å²) in [5.41, 5.74) is 6.86. The van der Waals surface area contributed by atoms with Crippen LogP contribution in [0.2, 0.25) is 0 Å². The average Bonchev–Trinajstić information content (AvgIpc) is 2.47. The Hall–Kier alpha value is -2.50. The second-order valence-corrected chi connectivity index (χ2v) is 4.42. The third kappa shape index (κ3) is 3.75. The van der Waals surface area contributed by atoms with Gasteiger partial charge in [0.15, 0.2) is 11.5 Å². The van der Waals surface area contributed by atoms with Crippen molar-refractivity contribution in [2.45, 2.75) is 20.3 Å². The van der Waals surface area contributed by atoms with Crippen molar-refractivity contribution in [3.8, 4) is 17.4 Å². The zero-order chi connectivity index (χ0) is 15.2. The molecule has 0 unspecified atom stereocenters. The lowest BCUT2D eigenvalue weighted by Gasteiger charge is -2.12. The molecule has 1 heterocycles. The molecule has 0 aliphatic rings. The fourth-order valence-corrected chi connectivity index (χ4v) is 1.90. The van der Waals surface area contributed by atoms with Crippen molar-refractivity contribution in [1.29, 1.82) is 0 Å². The third-order valence-electron chi connectivity index (χ3n) is 2.93. The van der Waals surface area contributed by atoms with Gasteiger partial charge in [-0.05, 0) is 31.0 Å². The predicted molar refractivity (Wildman–Crippen MR) is 83.1 cm³/mol. The number of nitrogens with one attached hydrogen (secondary N) is 1. The van der Waals surface area contributed by atoms with E-state index in [1.165, 1.54) is 5.56 Å². The average molecular weight is 288 g/mol. The summed E-state index contributed by atoms with van der Waals surface area (Å²) in [6.45, 7) is 4.80. The van der Waals surface area contributed by atoms with Crippen molar-refractivity contribution in [2.24, 2.45) is 0 Å². The number of nitrogen functional groups attached to an aromatic ring is 1. The lowest BCUT2D eigenvalue weighted by Crippen LogP contribution is -2.04. The summed E-state index contributed by atoms with van der Waals surface area (Å²) >= 11 is 0. The van der Waals surface area contributed by atoms with Gasteiger partial charge in [0.25, 0.3) is 0 Å². The maximum Gasteiger partial charge on any atom is 0.226 e. The Kier molecular flexibility index (Phi) is 4.81. The van der Waals surface area contributed by atoms with Crippen LogP contribution >= 0.6 is 0 Å². The highest BCUT2D eigenvalue weighted by Crippen LogP contribution is 2.32. The van der Waals surface area contributed by atoms with E-state index in [0.29, 0.717) is 23.2 Å². The molecule has 0 aliphatic heterocycles. The van der Waals surface area contributed by atoms with E-state index in [9.17, 15) is 0 Å². The first-order valence-electron chi connectivity index (χ1n) is 6.89. The minimum Gasteiger partial charge on any atom is -0.493 e. The van der Waals surface area contributed by atoms with Gasteiger partial charge in [0.05, 0.1) is 7.11 Å². The molecule has 1 aromatic heterocycles. The minimum absolute atomic E-state index is 0.160. The van der Waals surface area contributed by atoms with Crippen LogP contribution in [0.15, 0.2) is 24.3 Å². The van der Waals surface area contributed by atoms with E-state index in [1.807, 2.05) is 25.1 Å². The van der Waals surface area contributed by atoms with Gasteiger partial charge < -0.3 is 20.5 Å². The van der Waals surface area contributed by atoms with Gasteiger partial charge in [0.1, 0.15) is 5.82 Å². The van der Waals surface area contributed by atoms with Crippen LogP contribution in [0.5, 0.6) is 17.4 Å². The van der Waals surface area contributed by atoms with Crippen molar-refractivity contribution < 1.29 is 9.47 Å². The first-order valence-corrected chi connectivity index (χ1v) is 6.89. The number of methoxy groups -OCH3 is 1. The topological polar surface area (TPSA) is 82.3 Å². The molecule has 0 spiro atoms. The number of hydrogen-bond donors (Lipinski definition) is 2. The van der Waals surface area contributed by atoms with Crippen molar-refractivity contribution in [3.63, 3.8) is 0 Å². The molecule has 0 radical (unpaired) electrons. The van der Waals surface area contributed by atoms with E-state index in [1.54, 1.807) is 13.2 Å². The molecule has 1 aromatic carbocycles. The van der Waals surface area contributed by atoms with E-state index in [2.05, 4.69) is 22.2 Å². The second kappa shape index (κ2) is 6.78. The summed E-state index contributed by atoms with van der Waals surface area (Å²) < 4.78 is 11.1. The van der Waals surface area contributed by atoms with Gasteiger partial charge in [-0.15, -0.1) is 0 Å². The monoisotopic (exact) mass is 288 g/mol. The van der Waals surface area contributed by atoms with Crippen molar-refractivity contribution in [3.05, 3.63) is 29.8 Å². The quantitative estimate of drug-likeness (QED) is 0.850. The highest BCUT2D eigenvalue weighted by Gasteiger charge is 2.09. The van der Waals surface area contributed by atoms with Crippen molar-refractivity contribution in [2.75, 3.05) is 24.7 Å². The second-order valence-electron chi connectivity index (χ2n) is 4.42. The molecule has 21 heavy (non-hydrogen) atoms. The minimum atomic E-state index is 0.160. The summed E-state index contributed by atoms with van der Waals surface area (Å²) in [6, 6.07) is 7.51. The molecule has 0 saturated carbocycles. The van der Waals surface area contributed by atoms with Gasteiger partial charge >= 0.3 is 0 Å². The van der Waals surface area contributed by atoms with Gasteiger partial charge in [-0.2, -0.15) is 9.97 Å². The van der Waals surface area contributed by atoms with Crippen LogP contribution in [0.3, 0.4) is 0 Å². The highest BCUT2D eigenvalue weighted by atomic mass is 16.5. The van der Waals surface area contributed by atoms with Crippen LogP contribution in [0.25, 0.3) is 0 Å². The smallest absolute Gasteiger partial charge is 0.226 e. The van der Waals surface area contributed by atoms with Gasteiger partial charge in [-0.1, -0.05) is 13.0 Å². The Morgan fingerprint density at radius 2 is 1.95 bits per heavy atom. The maximum atomic E-state index is 5.77. The molecule has 3 N–H and O–H groups in total. The van der Waals surface area contributed by atoms with E-state index < -0.39 is 0 Å². The molecular weight excluding hydrogens is 268 g/mol. The van der Waals surface area contributed by atoms with Gasteiger partial charge in [0, 0.05) is 12.6 Å². The van der Waals surface area contributed by atoms with Crippen LogP contribution in [0, 0.1) is 0 Å².